The number of aryl methyl sites for hydroxylation is 1. The van der Waals surface area contributed by atoms with Crippen LogP contribution < -0.4 is 14.4 Å². The van der Waals surface area contributed by atoms with Crippen molar-refractivity contribution in [2.75, 3.05) is 44.4 Å². The Hall–Kier alpha value is -2.80. The third-order valence-corrected chi connectivity index (χ3v) is 6.33. The molecule has 1 amide bonds. The fraction of sp³-hybridized carbons (Fsp3) is 0.500. The van der Waals surface area contributed by atoms with Gasteiger partial charge in [-0.15, -0.1) is 0 Å². The third-order valence-electron chi connectivity index (χ3n) is 6.33. The van der Waals surface area contributed by atoms with Gasteiger partial charge in [0.25, 0.3) is 0 Å². The topological polar surface area (TPSA) is 64.1 Å². The molecule has 3 aliphatic rings. The summed E-state index contributed by atoms with van der Waals surface area (Å²) in [6.45, 7) is 6.17. The van der Waals surface area contributed by atoms with E-state index in [0.717, 1.165) is 60.9 Å². The van der Waals surface area contributed by atoms with Gasteiger partial charge in [-0.25, -0.2) is 0 Å². The first-order valence-electron chi connectivity index (χ1n) is 11.2. The van der Waals surface area contributed by atoms with Gasteiger partial charge >= 0.3 is 0 Å². The van der Waals surface area contributed by atoms with Gasteiger partial charge in [0.15, 0.2) is 0 Å². The van der Waals surface area contributed by atoms with Crippen molar-refractivity contribution in [2.45, 2.75) is 32.3 Å². The number of hydrogen-bond acceptors (Lipinski definition) is 6. The predicted octanol–water partition coefficient (Wildman–Crippen LogP) is 3.33. The number of fused-ring (bicyclic) bond motifs is 1. The molecule has 2 fully saturated rings. The third kappa shape index (κ3) is 4.32. The van der Waals surface area contributed by atoms with Gasteiger partial charge in [0.05, 0.1) is 30.7 Å². The number of likely N-dealkylation sites (tertiary alicyclic amines) is 1. The van der Waals surface area contributed by atoms with Gasteiger partial charge in [-0.3, -0.25) is 9.78 Å². The van der Waals surface area contributed by atoms with Crippen LogP contribution in [-0.4, -0.2) is 61.3 Å². The van der Waals surface area contributed by atoms with Gasteiger partial charge in [-0.2, -0.15) is 0 Å². The van der Waals surface area contributed by atoms with E-state index in [0.29, 0.717) is 26.4 Å². The van der Waals surface area contributed by atoms with Crippen molar-refractivity contribution in [1.29, 1.82) is 0 Å². The number of nitrogens with zero attached hydrogens (tertiary/aromatic N) is 3. The summed E-state index contributed by atoms with van der Waals surface area (Å²) in [5.41, 5.74) is 3.03. The fourth-order valence-electron chi connectivity index (χ4n) is 4.58. The molecule has 0 spiro atoms. The lowest BCUT2D eigenvalue weighted by atomic mass is 9.99. The maximum absolute atomic E-state index is 12.8. The zero-order chi connectivity index (χ0) is 21.2. The first kappa shape index (κ1) is 20.1. The Labute approximate surface area is 182 Å². The maximum atomic E-state index is 12.8. The van der Waals surface area contributed by atoms with Crippen molar-refractivity contribution >= 4 is 17.3 Å². The molecule has 0 aliphatic carbocycles. The van der Waals surface area contributed by atoms with E-state index in [-0.39, 0.29) is 17.9 Å². The summed E-state index contributed by atoms with van der Waals surface area (Å²) < 4.78 is 17.5. The molecule has 2 saturated heterocycles. The van der Waals surface area contributed by atoms with Crippen LogP contribution in [0.3, 0.4) is 0 Å². The molecule has 31 heavy (non-hydrogen) atoms. The Morgan fingerprint density at radius 3 is 2.77 bits per heavy atom. The molecular formula is C24H29N3O4. The van der Waals surface area contributed by atoms with Crippen LogP contribution in [0.25, 0.3) is 0 Å². The van der Waals surface area contributed by atoms with E-state index in [1.54, 1.807) is 0 Å². The molecule has 1 aromatic carbocycles. The average molecular weight is 424 g/mol. The number of ether oxygens (including phenoxy) is 3. The minimum Gasteiger partial charge on any atom is -0.490 e. The number of aromatic nitrogens is 1. The smallest absolute Gasteiger partial charge is 0.225 e. The zero-order valence-corrected chi connectivity index (χ0v) is 18.0. The molecule has 5 rings (SSSR count). The Morgan fingerprint density at radius 2 is 1.97 bits per heavy atom. The zero-order valence-electron chi connectivity index (χ0n) is 18.0. The lowest BCUT2D eigenvalue weighted by molar-refractivity contribution is -0.137. The number of amides is 1. The number of anilines is 2. The van der Waals surface area contributed by atoms with E-state index in [1.165, 1.54) is 0 Å². The molecule has 0 radical (unpaired) electrons. The SMILES string of the molecule is Cc1ccc(N2CCOc3ccc(O[C@H]4CCN(C(=O)C5CCOCC5)C4)cc32)cn1. The van der Waals surface area contributed by atoms with Gasteiger partial charge < -0.3 is 24.0 Å². The van der Waals surface area contributed by atoms with Crippen LogP contribution in [0.4, 0.5) is 11.4 Å². The van der Waals surface area contributed by atoms with E-state index in [2.05, 4.69) is 16.0 Å². The Balaban J connectivity index is 1.27. The lowest BCUT2D eigenvalue weighted by Gasteiger charge is -2.31. The molecule has 1 aromatic heterocycles. The van der Waals surface area contributed by atoms with E-state index < -0.39 is 0 Å². The second-order valence-corrected chi connectivity index (χ2v) is 8.49. The normalized spacial score (nSPS) is 21.5. The Bertz CT molecular complexity index is 927. The molecule has 7 nitrogen and oxygen atoms in total. The van der Waals surface area contributed by atoms with E-state index >= 15 is 0 Å². The highest BCUT2D eigenvalue weighted by molar-refractivity contribution is 5.79. The largest absolute Gasteiger partial charge is 0.490 e. The van der Waals surface area contributed by atoms with Crippen LogP contribution in [0.5, 0.6) is 11.5 Å². The van der Waals surface area contributed by atoms with Crippen molar-refractivity contribution in [2.24, 2.45) is 5.92 Å². The van der Waals surface area contributed by atoms with Crippen LogP contribution in [-0.2, 0) is 9.53 Å². The minimum atomic E-state index is 0.0147. The molecule has 4 heterocycles. The second kappa shape index (κ2) is 8.75. The van der Waals surface area contributed by atoms with Gasteiger partial charge in [-0.1, -0.05) is 0 Å². The molecular weight excluding hydrogens is 394 g/mol. The van der Waals surface area contributed by atoms with Crippen LogP contribution in [0, 0.1) is 12.8 Å². The van der Waals surface area contributed by atoms with Crippen molar-refractivity contribution < 1.29 is 19.0 Å². The molecule has 1 atom stereocenters. The van der Waals surface area contributed by atoms with E-state index in [4.69, 9.17) is 14.2 Å². The maximum Gasteiger partial charge on any atom is 0.225 e. The molecule has 0 unspecified atom stereocenters. The van der Waals surface area contributed by atoms with E-state index in [1.807, 2.05) is 42.3 Å². The van der Waals surface area contributed by atoms with Crippen LogP contribution in [0.2, 0.25) is 0 Å². The number of carbonyl (C=O) groups is 1. The van der Waals surface area contributed by atoms with E-state index in [9.17, 15) is 4.79 Å². The second-order valence-electron chi connectivity index (χ2n) is 8.49. The van der Waals surface area contributed by atoms with Crippen LogP contribution in [0.15, 0.2) is 36.5 Å². The van der Waals surface area contributed by atoms with Gasteiger partial charge in [0, 0.05) is 43.9 Å². The van der Waals surface area contributed by atoms with Crippen molar-refractivity contribution in [3.63, 3.8) is 0 Å². The highest BCUT2D eigenvalue weighted by Gasteiger charge is 2.33. The summed E-state index contributed by atoms with van der Waals surface area (Å²) in [4.78, 5) is 21.4. The van der Waals surface area contributed by atoms with Gasteiger partial charge in [0.2, 0.25) is 5.91 Å². The molecule has 0 N–H and O–H groups in total. The predicted molar refractivity (Wildman–Crippen MR) is 117 cm³/mol. The molecule has 3 aliphatic heterocycles. The summed E-state index contributed by atoms with van der Waals surface area (Å²) in [5, 5.41) is 0. The molecule has 164 valence electrons. The highest BCUT2D eigenvalue weighted by atomic mass is 16.5. The Kier molecular flexibility index (Phi) is 5.68. The first-order chi connectivity index (χ1) is 15.2. The first-order valence-corrected chi connectivity index (χ1v) is 11.2. The minimum absolute atomic E-state index is 0.0147. The monoisotopic (exact) mass is 423 g/mol. The van der Waals surface area contributed by atoms with Crippen LogP contribution in [0.1, 0.15) is 25.0 Å². The summed E-state index contributed by atoms with van der Waals surface area (Å²) in [6, 6.07) is 10.1. The number of pyridine rings is 1. The van der Waals surface area contributed by atoms with Gasteiger partial charge in [0.1, 0.15) is 24.2 Å². The molecule has 2 aromatic rings. The lowest BCUT2D eigenvalue weighted by Crippen LogP contribution is -2.38. The highest BCUT2D eigenvalue weighted by Crippen LogP contribution is 2.39. The Morgan fingerprint density at radius 1 is 1.10 bits per heavy atom. The van der Waals surface area contributed by atoms with Gasteiger partial charge in [-0.05, 0) is 44.0 Å². The standard InChI is InChI=1S/C24H29N3O4/c1-17-2-3-19(15-25-17)27-10-13-30-23-5-4-20(14-22(23)27)31-21-6-9-26(16-21)24(28)18-7-11-29-12-8-18/h2-5,14-15,18,21H,6-13,16H2,1H3/t21-/m0/s1. The summed E-state index contributed by atoms with van der Waals surface area (Å²) in [6.07, 6.45) is 4.43. The van der Waals surface area contributed by atoms with Crippen molar-refractivity contribution in [1.82, 2.24) is 9.88 Å². The summed E-state index contributed by atoms with van der Waals surface area (Å²) in [7, 11) is 0. The summed E-state index contributed by atoms with van der Waals surface area (Å²) >= 11 is 0. The number of hydrogen-bond donors (Lipinski definition) is 0. The van der Waals surface area contributed by atoms with Crippen molar-refractivity contribution in [3.05, 3.63) is 42.2 Å². The number of benzene rings is 1. The van der Waals surface area contributed by atoms with Crippen molar-refractivity contribution in [3.8, 4) is 11.5 Å². The molecule has 0 bridgehead atoms. The average Bonchev–Trinajstić information content (AvgIpc) is 3.28. The van der Waals surface area contributed by atoms with Crippen LogP contribution >= 0.6 is 0 Å². The fourth-order valence-corrected chi connectivity index (χ4v) is 4.58. The molecule has 0 saturated carbocycles. The molecule has 7 heteroatoms. The quantitative estimate of drug-likeness (QED) is 0.752. The number of rotatable bonds is 4. The summed E-state index contributed by atoms with van der Waals surface area (Å²) in [5.74, 6) is 2.01. The number of carbonyl (C=O) groups excluding carboxylic acids is 1.